The number of hydrogen-bond acceptors (Lipinski definition) is 3. The van der Waals surface area contributed by atoms with Crippen LogP contribution in [0.4, 0.5) is 0 Å². The molecule has 0 spiro atoms. The second-order valence-corrected chi connectivity index (χ2v) is 5.47. The van der Waals surface area contributed by atoms with Crippen LogP contribution in [0.15, 0.2) is 18.2 Å². The molecule has 0 amide bonds. The van der Waals surface area contributed by atoms with Crippen molar-refractivity contribution in [2.24, 2.45) is 5.92 Å². The lowest BCUT2D eigenvalue weighted by Crippen LogP contribution is -2.35. The topological polar surface area (TPSA) is 60.8 Å². The molecule has 0 aromatic heterocycles. The van der Waals surface area contributed by atoms with E-state index in [1.165, 1.54) is 0 Å². The van der Waals surface area contributed by atoms with Gasteiger partial charge in [0.25, 0.3) is 0 Å². The van der Waals surface area contributed by atoms with Crippen molar-refractivity contribution in [1.82, 2.24) is 4.90 Å². The van der Waals surface area contributed by atoms with Gasteiger partial charge in [-0.05, 0) is 38.3 Å². The third-order valence-electron chi connectivity index (χ3n) is 3.70. The number of carbonyl (C=O) groups is 1. The fourth-order valence-electron chi connectivity index (χ4n) is 2.79. The van der Waals surface area contributed by atoms with E-state index >= 15 is 0 Å². The summed E-state index contributed by atoms with van der Waals surface area (Å²) in [5.41, 5.74) is 2.06. The highest BCUT2D eigenvalue weighted by Gasteiger charge is 2.22. The van der Waals surface area contributed by atoms with E-state index < -0.39 is 5.97 Å². The normalized spacial score (nSPS) is 20.4. The zero-order valence-electron chi connectivity index (χ0n) is 11.3. The fraction of sp³-hybridized carbons (Fsp3) is 0.533. The molecule has 1 aliphatic rings. The van der Waals surface area contributed by atoms with Crippen LogP contribution in [0.5, 0.6) is 5.75 Å². The maximum Gasteiger partial charge on any atom is 0.303 e. The summed E-state index contributed by atoms with van der Waals surface area (Å²) < 4.78 is 0. The van der Waals surface area contributed by atoms with Gasteiger partial charge in [0.15, 0.2) is 0 Å². The number of carboxylic acid groups (broad SMARTS) is 1. The number of benzene rings is 1. The van der Waals surface area contributed by atoms with Crippen LogP contribution in [0.3, 0.4) is 0 Å². The molecule has 104 valence electrons. The van der Waals surface area contributed by atoms with Gasteiger partial charge in [-0.15, -0.1) is 0 Å². The van der Waals surface area contributed by atoms with Crippen molar-refractivity contribution >= 4 is 5.97 Å². The smallest absolute Gasteiger partial charge is 0.303 e. The highest BCUT2D eigenvalue weighted by Crippen LogP contribution is 2.25. The SMILES string of the molecule is Cc1ccc(O)c(CN2CCCC(CC(=O)O)C2)c1. The molecular weight excluding hydrogens is 242 g/mol. The van der Waals surface area contributed by atoms with Crippen LogP contribution < -0.4 is 0 Å². The van der Waals surface area contributed by atoms with Crippen molar-refractivity contribution in [3.05, 3.63) is 29.3 Å². The Morgan fingerprint density at radius 3 is 3.00 bits per heavy atom. The van der Waals surface area contributed by atoms with Gasteiger partial charge in [-0.25, -0.2) is 0 Å². The molecule has 4 heteroatoms. The van der Waals surface area contributed by atoms with E-state index in [0.717, 1.165) is 37.1 Å². The molecule has 0 radical (unpaired) electrons. The Hall–Kier alpha value is -1.55. The van der Waals surface area contributed by atoms with E-state index in [2.05, 4.69) is 4.90 Å². The van der Waals surface area contributed by atoms with Crippen molar-refractivity contribution in [3.8, 4) is 5.75 Å². The summed E-state index contributed by atoms with van der Waals surface area (Å²) >= 11 is 0. The summed E-state index contributed by atoms with van der Waals surface area (Å²) in [5.74, 6) is -0.158. The maximum atomic E-state index is 10.8. The third-order valence-corrected chi connectivity index (χ3v) is 3.70. The molecule has 2 N–H and O–H groups in total. The molecule has 1 aliphatic heterocycles. The Kier molecular flexibility index (Phi) is 4.43. The Morgan fingerprint density at radius 1 is 1.47 bits per heavy atom. The zero-order valence-corrected chi connectivity index (χ0v) is 11.3. The second kappa shape index (κ2) is 6.06. The quantitative estimate of drug-likeness (QED) is 0.875. The van der Waals surface area contributed by atoms with Crippen molar-refractivity contribution in [1.29, 1.82) is 0 Å². The Bertz CT molecular complexity index is 459. The molecule has 1 fully saturated rings. The molecule has 0 saturated carbocycles. The highest BCUT2D eigenvalue weighted by molar-refractivity contribution is 5.67. The first-order valence-corrected chi connectivity index (χ1v) is 6.77. The molecule has 4 nitrogen and oxygen atoms in total. The molecule has 0 bridgehead atoms. The summed E-state index contributed by atoms with van der Waals surface area (Å²) in [6, 6.07) is 5.61. The van der Waals surface area contributed by atoms with Gasteiger partial charge in [0.1, 0.15) is 5.75 Å². The van der Waals surface area contributed by atoms with Crippen LogP contribution in [0.2, 0.25) is 0 Å². The van der Waals surface area contributed by atoms with Crippen LogP contribution in [-0.2, 0) is 11.3 Å². The van der Waals surface area contributed by atoms with Crippen LogP contribution in [0.25, 0.3) is 0 Å². The maximum absolute atomic E-state index is 10.8. The summed E-state index contributed by atoms with van der Waals surface area (Å²) in [5, 5.41) is 18.7. The molecular formula is C15H21NO3. The number of rotatable bonds is 4. The number of likely N-dealkylation sites (tertiary alicyclic amines) is 1. The number of phenolic OH excluding ortho intramolecular Hbond substituents is 1. The Labute approximate surface area is 113 Å². The predicted octanol–water partition coefficient (Wildman–Crippen LogP) is 2.39. The number of phenols is 1. The summed E-state index contributed by atoms with van der Waals surface area (Å²) in [6.07, 6.45) is 2.27. The van der Waals surface area contributed by atoms with E-state index in [4.69, 9.17) is 5.11 Å². The first kappa shape index (κ1) is 13.9. The van der Waals surface area contributed by atoms with E-state index in [-0.39, 0.29) is 12.3 Å². The summed E-state index contributed by atoms with van der Waals surface area (Å²) in [7, 11) is 0. The van der Waals surface area contributed by atoms with Gasteiger partial charge in [0, 0.05) is 25.1 Å². The van der Waals surface area contributed by atoms with Gasteiger partial charge in [-0.3, -0.25) is 9.69 Å². The molecule has 19 heavy (non-hydrogen) atoms. The van der Waals surface area contributed by atoms with Gasteiger partial charge in [-0.2, -0.15) is 0 Å². The highest BCUT2D eigenvalue weighted by atomic mass is 16.4. The van der Waals surface area contributed by atoms with Gasteiger partial charge < -0.3 is 10.2 Å². The van der Waals surface area contributed by atoms with Gasteiger partial charge in [0.05, 0.1) is 0 Å². The number of aromatic hydroxyl groups is 1. The summed E-state index contributed by atoms with van der Waals surface area (Å²) in [6.45, 7) is 4.49. The van der Waals surface area contributed by atoms with Crippen LogP contribution >= 0.6 is 0 Å². The Morgan fingerprint density at radius 2 is 2.26 bits per heavy atom. The molecule has 1 aromatic carbocycles. The minimum absolute atomic E-state index is 0.234. The van der Waals surface area contributed by atoms with E-state index in [1.807, 2.05) is 19.1 Å². The van der Waals surface area contributed by atoms with E-state index in [0.29, 0.717) is 12.3 Å². The minimum atomic E-state index is -0.717. The number of carboxylic acids is 1. The lowest BCUT2D eigenvalue weighted by Gasteiger charge is -2.32. The van der Waals surface area contributed by atoms with Crippen molar-refractivity contribution in [2.45, 2.75) is 32.7 Å². The van der Waals surface area contributed by atoms with Crippen LogP contribution in [0.1, 0.15) is 30.4 Å². The van der Waals surface area contributed by atoms with Gasteiger partial charge in [0.2, 0.25) is 0 Å². The number of aliphatic carboxylic acids is 1. The second-order valence-electron chi connectivity index (χ2n) is 5.47. The van der Waals surface area contributed by atoms with Gasteiger partial charge in [-0.1, -0.05) is 17.7 Å². The molecule has 1 atom stereocenters. The number of nitrogens with zero attached hydrogens (tertiary/aromatic N) is 1. The molecule has 0 aliphatic carbocycles. The summed E-state index contributed by atoms with van der Waals surface area (Å²) in [4.78, 5) is 13.0. The lowest BCUT2D eigenvalue weighted by atomic mass is 9.94. The van der Waals surface area contributed by atoms with Crippen molar-refractivity contribution < 1.29 is 15.0 Å². The van der Waals surface area contributed by atoms with Crippen LogP contribution in [-0.4, -0.2) is 34.2 Å². The van der Waals surface area contributed by atoms with Gasteiger partial charge >= 0.3 is 5.97 Å². The molecule has 1 saturated heterocycles. The number of piperidine rings is 1. The van der Waals surface area contributed by atoms with E-state index in [1.54, 1.807) is 6.07 Å². The largest absolute Gasteiger partial charge is 0.508 e. The predicted molar refractivity (Wildman–Crippen MR) is 73.1 cm³/mol. The van der Waals surface area contributed by atoms with E-state index in [9.17, 15) is 9.90 Å². The van der Waals surface area contributed by atoms with Crippen molar-refractivity contribution in [2.75, 3.05) is 13.1 Å². The third kappa shape index (κ3) is 3.96. The van der Waals surface area contributed by atoms with Crippen molar-refractivity contribution in [3.63, 3.8) is 0 Å². The standard InChI is InChI=1S/C15H21NO3/c1-11-4-5-14(17)13(7-11)10-16-6-2-3-12(9-16)8-15(18)19/h4-5,7,12,17H,2-3,6,8-10H2,1H3,(H,18,19). The molecule has 1 unspecified atom stereocenters. The molecule has 2 rings (SSSR count). The number of hydrogen-bond donors (Lipinski definition) is 2. The Balaban J connectivity index is 1.98. The molecule has 1 aromatic rings. The average Bonchev–Trinajstić information content (AvgIpc) is 2.33. The monoisotopic (exact) mass is 263 g/mol. The minimum Gasteiger partial charge on any atom is -0.508 e. The zero-order chi connectivity index (χ0) is 13.8. The first-order chi connectivity index (χ1) is 9.04. The first-order valence-electron chi connectivity index (χ1n) is 6.77. The van der Waals surface area contributed by atoms with Crippen LogP contribution in [0, 0.1) is 12.8 Å². The number of aryl methyl sites for hydroxylation is 1. The molecule has 1 heterocycles. The fourth-order valence-corrected chi connectivity index (χ4v) is 2.79. The average molecular weight is 263 g/mol. The lowest BCUT2D eigenvalue weighted by molar-refractivity contribution is -0.138.